The van der Waals surface area contributed by atoms with E-state index in [0.29, 0.717) is 11.6 Å². The number of anilines is 2. The highest BCUT2D eigenvalue weighted by molar-refractivity contribution is 6.02. The van der Waals surface area contributed by atoms with E-state index in [1.54, 1.807) is 12.3 Å². The molecule has 1 N–H and O–H groups in total. The van der Waals surface area contributed by atoms with Gasteiger partial charge >= 0.3 is 0 Å². The third-order valence-electron chi connectivity index (χ3n) is 4.81. The van der Waals surface area contributed by atoms with E-state index >= 15 is 0 Å². The van der Waals surface area contributed by atoms with Gasteiger partial charge in [-0.15, -0.1) is 0 Å². The van der Waals surface area contributed by atoms with E-state index in [9.17, 15) is 4.79 Å². The van der Waals surface area contributed by atoms with Crippen molar-refractivity contribution in [3.63, 3.8) is 0 Å². The highest BCUT2D eigenvalue weighted by Crippen LogP contribution is 2.14. The number of nitrogens with one attached hydrogen (secondary N) is 1. The van der Waals surface area contributed by atoms with Gasteiger partial charge in [0.15, 0.2) is 0 Å². The zero-order valence-electron chi connectivity index (χ0n) is 15.7. The number of aromatic nitrogens is 2. The zero-order valence-corrected chi connectivity index (χ0v) is 15.7. The van der Waals surface area contributed by atoms with E-state index in [0.717, 1.165) is 38.4 Å². The van der Waals surface area contributed by atoms with Crippen molar-refractivity contribution >= 4 is 17.5 Å². The van der Waals surface area contributed by atoms with E-state index in [2.05, 4.69) is 49.4 Å². The van der Waals surface area contributed by atoms with Crippen LogP contribution in [0.5, 0.6) is 0 Å². The fourth-order valence-electron chi connectivity index (χ4n) is 3.29. The summed E-state index contributed by atoms with van der Waals surface area (Å²) in [5.41, 5.74) is 2.45. The number of piperazine rings is 1. The Morgan fingerprint density at radius 3 is 2.29 bits per heavy atom. The third-order valence-corrected chi connectivity index (χ3v) is 4.81. The first kappa shape index (κ1) is 18.1. The maximum atomic E-state index is 12.5. The Bertz CT molecular complexity index is 908. The lowest BCUT2D eigenvalue weighted by molar-refractivity contribution is 0.102. The molecule has 0 unspecified atom stereocenters. The first-order chi connectivity index (χ1) is 13.8. The van der Waals surface area contributed by atoms with Crippen molar-refractivity contribution in [1.82, 2.24) is 14.9 Å². The van der Waals surface area contributed by atoms with Gasteiger partial charge in [0.1, 0.15) is 5.69 Å². The molecule has 3 aromatic rings. The summed E-state index contributed by atoms with van der Waals surface area (Å²) in [6.07, 6.45) is 1.65. The van der Waals surface area contributed by atoms with Crippen LogP contribution in [0.15, 0.2) is 72.9 Å². The first-order valence-corrected chi connectivity index (χ1v) is 9.48. The largest absolute Gasteiger partial charge is 0.338 e. The van der Waals surface area contributed by atoms with Crippen molar-refractivity contribution in [3.05, 3.63) is 84.2 Å². The van der Waals surface area contributed by atoms with Crippen LogP contribution >= 0.6 is 0 Å². The quantitative estimate of drug-likeness (QED) is 0.745. The summed E-state index contributed by atoms with van der Waals surface area (Å²) >= 11 is 0. The van der Waals surface area contributed by atoms with Crippen LogP contribution in [0.1, 0.15) is 16.1 Å². The minimum Gasteiger partial charge on any atom is -0.338 e. The van der Waals surface area contributed by atoms with Gasteiger partial charge in [-0.2, -0.15) is 0 Å². The standard InChI is InChI=1S/C22H23N5O/c28-21(24-19-9-5-2-6-10-19)20-11-12-23-22(25-20)27-15-13-26(14-16-27)17-18-7-3-1-4-8-18/h1-12H,13-17H2,(H,24,28). The lowest BCUT2D eigenvalue weighted by Crippen LogP contribution is -2.46. The van der Waals surface area contributed by atoms with Crippen LogP contribution < -0.4 is 10.2 Å². The number of hydrogen-bond acceptors (Lipinski definition) is 5. The Kier molecular flexibility index (Phi) is 5.58. The Labute approximate surface area is 164 Å². The molecule has 1 amide bonds. The Balaban J connectivity index is 1.36. The summed E-state index contributed by atoms with van der Waals surface area (Å²) in [5, 5.41) is 2.87. The average Bonchev–Trinajstić information content (AvgIpc) is 2.76. The fraction of sp³-hybridized carbons (Fsp3) is 0.227. The Morgan fingerprint density at radius 2 is 1.57 bits per heavy atom. The maximum Gasteiger partial charge on any atom is 0.274 e. The highest BCUT2D eigenvalue weighted by atomic mass is 16.1. The molecule has 1 aliphatic rings. The van der Waals surface area contributed by atoms with Crippen molar-refractivity contribution in [2.45, 2.75) is 6.54 Å². The molecule has 0 atom stereocenters. The molecular formula is C22H23N5O. The smallest absolute Gasteiger partial charge is 0.274 e. The number of amides is 1. The summed E-state index contributed by atoms with van der Waals surface area (Å²) < 4.78 is 0. The molecule has 1 saturated heterocycles. The molecule has 1 aromatic heterocycles. The summed E-state index contributed by atoms with van der Waals surface area (Å²) in [6.45, 7) is 4.53. The molecule has 0 radical (unpaired) electrons. The normalized spacial score (nSPS) is 14.6. The molecule has 2 heterocycles. The molecule has 6 nitrogen and oxygen atoms in total. The summed E-state index contributed by atoms with van der Waals surface area (Å²) in [5.74, 6) is 0.387. The van der Waals surface area contributed by atoms with E-state index < -0.39 is 0 Å². The minimum absolute atomic E-state index is 0.224. The van der Waals surface area contributed by atoms with Crippen molar-refractivity contribution in [1.29, 1.82) is 0 Å². The topological polar surface area (TPSA) is 61.4 Å². The molecule has 142 valence electrons. The van der Waals surface area contributed by atoms with Gasteiger partial charge in [0.25, 0.3) is 5.91 Å². The number of hydrogen-bond donors (Lipinski definition) is 1. The van der Waals surface area contributed by atoms with Gasteiger partial charge in [-0.25, -0.2) is 9.97 Å². The van der Waals surface area contributed by atoms with Crippen LogP contribution in [-0.4, -0.2) is 47.0 Å². The van der Waals surface area contributed by atoms with Crippen LogP contribution in [0.4, 0.5) is 11.6 Å². The van der Waals surface area contributed by atoms with Gasteiger partial charge in [0.2, 0.25) is 5.95 Å². The zero-order chi connectivity index (χ0) is 19.2. The molecule has 0 saturated carbocycles. The SMILES string of the molecule is O=C(Nc1ccccc1)c1ccnc(N2CCN(Cc3ccccc3)CC2)n1. The monoisotopic (exact) mass is 373 g/mol. The molecular weight excluding hydrogens is 350 g/mol. The van der Waals surface area contributed by atoms with Crippen molar-refractivity contribution in [2.75, 3.05) is 36.4 Å². The number of nitrogens with zero attached hydrogens (tertiary/aromatic N) is 4. The van der Waals surface area contributed by atoms with Gasteiger partial charge in [-0.05, 0) is 23.8 Å². The van der Waals surface area contributed by atoms with Gasteiger partial charge in [0.05, 0.1) is 0 Å². The summed E-state index contributed by atoms with van der Waals surface area (Å²) in [7, 11) is 0. The van der Waals surface area contributed by atoms with Crippen molar-refractivity contribution < 1.29 is 4.79 Å². The van der Waals surface area contributed by atoms with Crippen LogP contribution in [0.2, 0.25) is 0 Å². The van der Waals surface area contributed by atoms with E-state index in [-0.39, 0.29) is 5.91 Å². The van der Waals surface area contributed by atoms with E-state index in [1.165, 1.54) is 5.56 Å². The van der Waals surface area contributed by atoms with E-state index in [4.69, 9.17) is 0 Å². The van der Waals surface area contributed by atoms with Crippen LogP contribution in [0, 0.1) is 0 Å². The molecule has 2 aromatic carbocycles. The Morgan fingerprint density at radius 1 is 0.893 bits per heavy atom. The number of carbonyl (C=O) groups is 1. The van der Waals surface area contributed by atoms with Crippen LogP contribution in [-0.2, 0) is 6.54 Å². The van der Waals surface area contributed by atoms with Crippen LogP contribution in [0.25, 0.3) is 0 Å². The molecule has 0 bridgehead atoms. The lowest BCUT2D eigenvalue weighted by Gasteiger charge is -2.34. The van der Waals surface area contributed by atoms with Gasteiger partial charge in [-0.3, -0.25) is 9.69 Å². The van der Waals surface area contributed by atoms with Gasteiger partial charge in [0, 0.05) is 44.6 Å². The minimum atomic E-state index is -0.224. The van der Waals surface area contributed by atoms with E-state index in [1.807, 2.05) is 36.4 Å². The second-order valence-electron chi connectivity index (χ2n) is 6.81. The molecule has 1 fully saturated rings. The molecule has 0 aliphatic carbocycles. The highest BCUT2D eigenvalue weighted by Gasteiger charge is 2.20. The summed E-state index contributed by atoms with van der Waals surface area (Å²) in [4.78, 5) is 25.9. The second kappa shape index (κ2) is 8.63. The van der Waals surface area contributed by atoms with Crippen LogP contribution in [0.3, 0.4) is 0 Å². The van der Waals surface area contributed by atoms with Gasteiger partial charge < -0.3 is 10.2 Å². The molecule has 28 heavy (non-hydrogen) atoms. The van der Waals surface area contributed by atoms with Crippen molar-refractivity contribution in [2.24, 2.45) is 0 Å². The Hall–Kier alpha value is -3.25. The average molecular weight is 373 g/mol. The first-order valence-electron chi connectivity index (χ1n) is 9.48. The lowest BCUT2D eigenvalue weighted by atomic mass is 10.2. The second-order valence-corrected chi connectivity index (χ2v) is 6.81. The molecule has 6 heteroatoms. The predicted molar refractivity (Wildman–Crippen MR) is 110 cm³/mol. The molecule has 1 aliphatic heterocycles. The van der Waals surface area contributed by atoms with Gasteiger partial charge in [-0.1, -0.05) is 48.5 Å². The van der Waals surface area contributed by atoms with Crippen molar-refractivity contribution in [3.8, 4) is 0 Å². The molecule has 0 spiro atoms. The summed E-state index contributed by atoms with van der Waals surface area (Å²) in [6, 6.07) is 21.5. The predicted octanol–water partition coefficient (Wildman–Crippen LogP) is 3.05. The number of benzene rings is 2. The number of rotatable bonds is 5. The number of carbonyl (C=O) groups excluding carboxylic acids is 1. The third kappa shape index (κ3) is 4.53. The molecule has 4 rings (SSSR count). The number of para-hydroxylation sites is 1. The fourth-order valence-corrected chi connectivity index (χ4v) is 3.29. The maximum absolute atomic E-state index is 12.5.